The molecular weight excluding hydrogens is 288 g/mol. The topological polar surface area (TPSA) is 87.2 Å². The van der Waals surface area contributed by atoms with Gasteiger partial charge in [-0.25, -0.2) is 4.98 Å². The van der Waals surface area contributed by atoms with Gasteiger partial charge in [0.1, 0.15) is 6.17 Å². The minimum absolute atomic E-state index is 0.0649. The van der Waals surface area contributed by atoms with E-state index in [9.17, 15) is 4.79 Å². The van der Waals surface area contributed by atoms with Gasteiger partial charge >= 0.3 is 0 Å². The Bertz CT molecular complexity index is 695. The van der Waals surface area contributed by atoms with E-state index in [0.29, 0.717) is 5.13 Å². The van der Waals surface area contributed by atoms with E-state index in [1.54, 1.807) is 5.01 Å². The number of azo groups is 1. The van der Waals surface area contributed by atoms with Crippen molar-refractivity contribution in [1.29, 1.82) is 0 Å². The summed E-state index contributed by atoms with van der Waals surface area (Å²) in [5.41, 5.74) is 6.98. The average molecular weight is 302 g/mol. The number of amides is 1. The SMILES string of the molecule is NC1C(/N=N/c2nc3ccccc3s2)C(=O)N2CCCN12. The van der Waals surface area contributed by atoms with Crippen molar-refractivity contribution in [1.82, 2.24) is 15.0 Å². The van der Waals surface area contributed by atoms with Crippen LogP contribution in [0.15, 0.2) is 34.5 Å². The summed E-state index contributed by atoms with van der Waals surface area (Å²) < 4.78 is 1.05. The number of hydrogen-bond acceptors (Lipinski definition) is 7. The van der Waals surface area contributed by atoms with E-state index in [0.717, 1.165) is 29.7 Å². The lowest BCUT2D eigenvalue weighted by Gasteiger charge is -2.20. The first-order valence-corrected chi connectivity index (χ1v) is 7.65. The molecule has 0 radical (unpaired) electrons. The molecule has 2 N–H and O–H groups in total. The Morgan fingerprint density at radius 2 is 2.19 bits per heavy atom. The van der Waals surface area contributed by atoms with E-state index >= 15 is 0 Å². The Kier molecular flexibility index (Phi) is 2.95. The first kappa shape index (κ1) is 12.8. The van der Waals surface area contributed by atoms with Crippen LogP contribution in [0.25, 0.3) is 10.2 Å². The second-order valence-corrected chi connectivity index (χ2v) is 6.10. The highest BCUT2D eigenvalue weighted by atomic mass is 32.1. The molecule has 7 nitrogen and oxygen atoms in total. The largest absolute Gasteiger partial charge is 0.312 e. The third kappa shape index (κ3) is 2.03. The summed E-state index contributed by atoms with van der Waals surface area (Å²) in [5, 5.41) is 12.4. The van der Waals surface area contributed by atoms with Crippen molar-refractivity contribution in [3.8, 4) is 0 Å². The maximum absolute atomic E-state index is 12.2. The van der Waals surface area contributed by atoms with E-state index in [1.165, 1.54) is 11.3 Å². The van der Waals surface area contributed by atoms with Crippen LogP contribution in [0, 0.1) is 0 Å². The summed E-state index contributed by atoms with van der Waals surface area (Å²) in [7, 11) is 0. The number of carbonyl (C=O) groups excluding carboxylic acids is 1. The first-order chi connectivity index (χ1) is 10.2. The molecule has 3 heterocycles. The number of fused-ring (bicyclic) bond motifs is 2. The van der Waals surface area contributed by atoms with Gasteiger partial charge in [0.2, 0.25) is 5.13 Å². The summed E-state index contributed by atoms with van der Waals surface area (Å²) in [6.45, 7) is 1.53. The molecule has 2 unspecified atom stereocenters. The molecule has 2 aliphatic heterocycles. The molecule has 0 bridgehead atoms. The van der Waals surface area contributed by atoms with Crippen molar-refractivity contribution >= 4 is 32.6 Å². The molecule has 0 saturated carbocycles. The fraction of sp³-hybridized carbons (Fsp3) is 0.385. The fourth-order valence-corrected chi connectivity index (χ4v) is 3.57. The van der Waals surface area contributed by atoms with Crippen LogP contribution in [0.1, 0.15) is 6.42 Å². The molecule has 0 aliphatic carbocycles. The number of thiazole rings is 1. The number of nitrogens with two attached hydrogens (primary N) is 1. The zero-order chi connectivity index (χ0) is 14.4. The Hall–Kier alpha value is -1.90. The minimum Gasteiger partial charge on any atom is -0.312 e. The predicted molar refractivity (Wildman–Crippen MR) is 78.9 cm³/mol. The van der Waals surface area contributed by atoms with Crippen molar-refractivity contribution < 1.29 is 4.79 Å². The van der Waals surface area contributed by atoms with Crippen molar-refractivity contribution in [2.24, 2.45) is 16.0 Å². The molecule has 2 aromatic rings. The number of hydrazine groups is 1. The third-order valence-electron chi connectivity index (χ3n) is 3.79. The lowest BCUT2D eigenvalue weighted by molar-refractivity contribution is -0.135. The van der Waals surface area contributed by atoms with E-state index in [4.69, 9.17) is 5.73 Å². The molecule has 4 rings (SSSR count). The highest BCUT2D eigenvalue weighted by Crippen LogP contribution is 2.30. The van der Waals surface area contributed by atoms with Crippen LogP contribution >= 0.6 is 11.3 Å². The molecule has 8 heteroatoms. The van der Waals surface area contributed by atoms with E-state index in [1.807, 2.05) is 29.3 Å². The summed E-state index contributed by atoms with van der Waals surface area (Å²) in [5.74, 6) is -0.0649. The Balaban J connectivity index is 1.59. The molecule has 0 spiro atoms. The highest BCUT2D eigenvalue weighted by molar-refractivity contribution is 7.21. The average Bonchev–Trinajstić information content (AvgIpc) is 3.16. The maximum atomic E-state index is 12.2. The van der Waals surface area contributed by atoms with Crippen LogP contribution in [0.3, 0.4) is 0 Å². The smallest absolute Gasteiger partial charge is 0.266 e. The molecule has 1 aromatic heterocycles. The maximum Gasteiger partial charge on any atom is 0.266 e. The van der Waals surface area contributed by atoms with Crippen molar-refractivity contribution in [3.05, 3.63) is 24.3 Å². The molecule has 2 fully saturated rings. The zero-order valence-electron chi connectivity index (χ0n) is 11.2. The quantitative estimate of drug-likeness (QED) is 0.852. The van der Waals surface area contributed by atoms with Gasteiger partial charge in [-0.1, -0.05) is 23.5 Å². The number of aromatic nitrogens is 1. The Morgan fingerprint density at radius 3 is 3.00 bits per heavy atom. The predicted octanol–water partition coefficient (Wildman–Crippen LogP) is 1.50. The van der Waals surface area contributed by atoms with Gasteiger partial charge in [0.05, 0.1) is 10.2 Å². The molecule has 2 atom stereocenters. The molecular formula is C13H14N6OS. The number of para-hydroxylation sites is 1. The molecule has 1 aromatic carbocycles. The summed E-state index contributed by atoms with van der Waals surface area (Å²) in [6.07, 6.45) is 0.541. The Labute approximate surface area is 125 Å². The number of carbonyl (C=O) groups is 1. The minimum atomic E-state index is -0.627. The van der Waals surface area contributed by atoms with Gasteiger partial charge < -0.3 is 5.73 Å². The summed E-state index contributed by atoms with van der Waals surface area (Å²) >= 11 is 1.45. The zero-order valence-corrected chi connectivity index (χ0v) is 12.0. The van der Waals surface area contributed by atoms with Gasteiger partial charge in [0.25, 0.3) is 5.91 Å². The van der Waals surface area contributed by atoms with Gasteiger partial charge in [0.15, 0.2) is 6.04 Å². The molecule has 108 valence electrons. The molecule has 1 amide bonds. The second kappa shape index (κ2) is 4.83. The van der Waals surface area contributed by atoms with Gasteiger partial charge in [-0.15, -0.1) is 5.11 Å². The molecule has 2 saturated heterocycles. The second-order valence-electron chi connectivity index (χ2n) is 5.09. The van der Waals surface area contributed by atoms with E-state index in [2.05, 4.69) is 15.2 Å². The van der Waals surface area contributed by atoms with Gasteiger partial charge in [-0.05, 0) is 18.6 Å². The first-order valence-electron chi connectivity index (χ1n) is 6.84. The van der Waals surface area contributed by atoms with Crippen LogP contribution in [-0.4, -0.2) is 46.2 Å². The van der Waals surface area contributed by atoms with E-state index < -0.39 is 12.2 Å². The summed E-state index contributed by atoms with van der Waals surface area (Å²) in [6, 6.07) is 7.18. The fourth-order valence-electron chi connectivity index (χ4n) is 2.77. The van der Waals surface area contributed by atoms with Crippen LogP contribution in [0.5, 0.6) is 0 Å². The highest BCUT2D eigenvalue weighted by Gasteiger charge is 2.47. The number of rotatable bonds is 2. The van der Waals surface area contributed by atoms with Crippen molar-refractivity contribution in [2.45, 2.75) is 18.6 Å². The standard InChI is InChI=1S/C13H14N6OS/c14-11-10(12(20)19-7-3-6-18(11)19)16-17-13-15-8-4-1-2-5-9(8)21-13/h1-2,4-5,10-11H,3,6-7,14H2/b17-16+. The van der Waals surface area contributed by atoms with Crippen LogP contribution in [-0.2, 0) is 4.79 Å². The molecule has 21 heavy (non-hydrogen) atoms. The lowest BCUT2D eigenvalue weighted by Crippen LogP contribution is -2.43. The van der Waals surface area contributed by atoms with Crippen LogP contribution in [0.4, 0.5) is 5.13 Å². The van der Waals surface area contributed by atoms with Gasteiger partial charge in [-0.2, -0.15) is 10.1 Å². The third-order valence-corrected chi connectivity index (χ3v) is 4.71. The lowest BCUT2D eigenvalue weighted by atomic mass is 10.2. The van der Waals surface area contributed by atoms with Crippen molar-refractivity contribution in [3.63, 3.8) is 0 Å². The van der Waals surface area contributed by atoms with Crippen molar-refractivity contribution in [2.75, 3.05) is 13.1 Å². The van der Waals surface area contributed by atoms with Gasteiger partial charge in [-0.3, -0.25) is 9.80 Å². The monoisotopic (exact) mass is 302 g/mol. The van der Waals surface area contributed by atoms with Crippen LogP contribution in [0.2, 0.25) is 0 Å². The Morgan fingerprint density at radius 1 is 1.33 bits per heavy atom. The number of hydrogen-bond donors (Lipinski definition) is 1. The molecule has 2 aliphatic rings. The number of nitrogens with zero attached hydrogens (tertiary/aromatic N) is 5. The van der Waals surface area contributed by atoms with E-state index in [-0.39, 0.29) is 5.91 Å². The summed E-state index contributed by atoms with van der Waals surface area (Å²) in [4.78, 5) is 16.6. The number of benzene rings is 1. The normalized spacial score (nSPS) is 26.3. The van der Waals surface area contributed by atoms with Crippen LogP contribution < -0.4 is 5.73 Å². The van der Waals surface area contributed by atoms with Gasteiger partial charge in [0, 0.05) is 13.1 Å².